The second-order valence-corrected chi connectivity index (χ2v) is 5.93. The molecular formula is C15H22N2O2S. The zero-order chi connectivity index (χ0) is 14.7. The van der Waals surface area contributed by atoms with Crippen LogP contribution in [0, 0.1) is 0 Å². The molecule has 2 rings (SSSR count). The summed E-state index contributed by atoms with van der Waals surface area (Å²) in [5.41, 5.74) is 1.30. The van der Waals surface area contributed by atoms with Crippen LogP contribution in [-0.2, 0) is 0 Å². The lowest BCUT2D eigenvalue weighted by Gasteiger charge is -2.41. The molecule has 1 aromatic carbocycles. The van der Waals surface area contributed by atoms with E-state index in [1.54, 1.807) is 0 Å². The summed E-state index contributed by atoms with van der Waals surface area (Å²) in [6, 6.07) is 6.21. The minimum atomic E-state index is -0.837. The largest absolute Gasteiger partial charge is 0.478 e. The molecule has 0 amide bonds. The highest BCUT2D eigenvalue weighted by Gasteiger charge is 2.26. The number of benzene rings is 1. The Morgan fingerprint density at radius 1 is 1.45 bits per heavy atom. The van der Waals surface area contributed by atoms with Crippen LogP contribution in [0.5, 0.6) is 0 Å². The van der Waals surface area contributed by atoms with Crippen molar-refractivity contribution in [1.82, 2.24) is 4.90 Å². The molecule has 1 atom stereocenters. The summed E-state index contributed by atoms with van der Waals surface area (Å²) in [4.78, 5) is 17.1. The van der Waals surface area contributed by atoms with E-state index >= 15 is 0 Å². The van der Waals surface area contributed by atoms with Crippen LogP contribution in [0.25, 0.3) is 0 Å². The first-order valence-corrected chi connectivity index (χ1v) is 8.20. The Kier molecular flexibility index (Phi) is 4.94. The average Bonchev–Trinajstić information content (AvgIpc) is 2.46. The Morgan fingerprint density at radius 3 is 2.75 bits per heavy atom. The van der Waals surface area contributed by atoms with Gasteiger partial charge in [0, 0.05) is 30.6 Å². The fourth-order valence-corrected chi connectivity index (χ4v) is 3.46. The van der Waals surface area contributed by atoms with E-state index in [-0.39, 0.29) is 0 Å². The monoisotopic (exact) mass is 294 g/mol. The lowest BCUT2D eigenvalue weighted by molar-refractivity contribution is 0.0693. The van der Waals surface area contributed by atoms with Crippen LogP contribution in [0.2, 0.25) is 0 Å². The Hall–Kier alpha value is -1.20. The van der Waals surface area contributed by atoms with Crippen molar-refractivity contribution >= 4 is 23.4 Å². The predicted octanol–water partition coefficient (Wildman–Crippen LogP) is 2.64. The molecule has 4 nitrogen and oxygen atoms in total. The zero-order valence-corrected chi connectivity index (χ0v) is 13.1. The highest BCUT2D eigenvalue weighted by atomic mass is 32.2. The molecule has 1 aromatic rings. The topological polar surface area (TPSA) is 43.8 Å². The second kappa shape index (κ2) is 6.50. The minimum absolute atomic E-state index is 0.442. The van der Waals surface area contributed by atoms with E-state index in [2.05, 4.69) is 23.6 Å². The maximum atomic E-state index is 11.6. The fraction of sp³-hybridized carbons (Fsp3) is 0.533. The van der Waals surface area contributed by atoms with E-state index in [4.69, 9.17) is 0 Å². The van der Waals surface area contributed by atoms with Crippen LogP contribution in [-0.4, -0.2) is 54.5 Å². The van der Waals surface area contributed by atoms with E-state index < -0.39 is 5.97 Å². The van der Waals surface area contributed by atoms with Crippen molar-refractivity contribution in [2.45, 2.75) is 24.8 Å². The number of thioether (sulfide) groups is 1. The molecule has 0 aliphatic carbocycles. The van der Waals surface area contributed by atoms with Gasteiger partial charge in [-0.25, -0.2) is 4.79 Å². The van der Waals surface area contributed by atoms with Crippen LogP contribution in [0.15, 0.2) is 23.1 Å². The Labute approximate surface area is 124 Å². The van der Waals surface area contributed by atoms with Crippen molar-refractivity contribution in [3.8, 4) is 0 Å². The summed E-state index contributed by atoms with van der Waals surface area (Å²) >= 11 is 1.49. The van der Waals surface area contributed by atoms with E-state index in [9.17, 15) is 9.90 Å². The molecule has 0 aromatic heterocycles. The molecule has 0 bridgehead atoms. The van der Waals surface area contributed by atoms with Gasteiger partial charge in [-0.3, -0.25) is 4.90 Å². The number of rotatable bonds is 4. The molecule has 0 radical (unpaired) electrons. The molecule has 1 saturated heterocycles. The Bertz CT molecular complexity index is 493. The van der Waals surface area contributed by atoms with Gasteiger partial charge in [0.2, 0.25) is 0 Å². The average molecular weight is 294 g/mol. The van der Waals surface area contributed by atoms with E-state index in [1.165, 1.54) is 11.8 Å². The van der Waals surface area contributed by atoms with Crippen molar-refractivity contribution in [2.75, 3.05) is 37.3 Å². The second-order valence-electron chi connectivity index (χ2n) is 5.08. The number of piperazine rings is 1. The van der Waals surface area contributed by atoms with Crippen LogP contribution in [0.3, 0.4) is 0 Å². The first kappa shape index (κ1) is 15.2. The third-order valence-corrected chi connectivity index (χ3v) is 4.73. The fourth-order valence-electron chi connectivity index (χ4n) is 2.85. The van der Waals surface area contributed by atoms with Gasteiger partial charge in [0.1, 0.15) is 0 Å². The number of hydrogen-bond donors (Lipinski definition) is 1. The van der Waals surface area contributed by atoms with Crippen molar-refractivity contribution < 1.29 is 9.90 Å². The van der Waals surface area contributed by atoms with E-state index in [1.807, 2.05) is 24.5 Å². The SMILES string of the molecule is CCN1CCN(c2cccc(SC)c2C(=O)O)CC1C. The normalized spacial score (nSPS) is 20.1. The Morgan fingerprint density at radius 2 is 2.20 bits per heavy atom. The van der Waals surface area contributed by atoms with Crippen LogP contribution in [0.4, 0.5) is 5.69 Å². The van der Waals surface area contributed by atoms with Crippen LogP contribution >= 0.6 is 11.8 Å². The van der Waals surface area contributed by atoms with Gasteiger partial charge < -0.3 is 10.0 Å². The van der Waals surface area contributed by atoms with Gasteiger partial charge in [0.15, 0.2) is 0 Å². The van der Waals surface area contributed by atoms with Crippen molar-refractivity contribution in [3.63, 3.8) is 0 Å². The number of aromatic carboxylic acids is 1. The van der Waals surface area contributed by atoms with Gasteiger partial charge in [0.05, 0.1) is 11.3 Å². The number of nitrogens with zero attached hydrogens (tertiary/aromatic N) is 2. The van der Waals surface area contributed by atoms with E-state index in [0.717, 1.165) is 36.8 Å². The summed E-state index contributed by atoms with van der Waals surface area (Å²) < 4.78 is 0. The third kappa shape index (κ3) is 2.94. The van der Waals surface area contributed by atoms with Crippen LogP contribution < -0.4 is 4.90 Å². The first-order valence-electron chi connectivity index (χ1n) is 6.97. The molecular weight excluding hydrogens is 272 g/mol. The molecule has 110 valence electrons. The molecule has 1 N–H and O–H groups in total. The molecule has 0 spiro atoms. The van der Waals surface area contributed by atoms with Crippen molar-refractivity contribution in [3.05, 3.63) is 23.8 Å². The number of likely N-dealkylation sites (N-methyl/N-ethyl adjacent to an activating group) is 1. The van der Waals surface area contributed by atoms with Gasteiger partial charge in [-0.2, -0.15) is 0 Å². The third-order valence-electron chi connectivity index (χ3n) is 3.95. The number of anilines is 1. The van der Waals surface area contributed by atoms with Gasteiger partial charge in [-0.15, -0.1) is 11.8 Å². The van der Waals surface area contributed by atoms with Gasteiger partial charge in [-0.05, 0) is 31.9 Å². The smallest absolute Gasteiger partial charge is 0.338 e. The summed E-state index contributed by atoms with van der Waals surface area (Å²) in [6.07, 6.45) is 1.92. The zero-order valence-electron chi connectivity index (χ0n) is 12.3. The molecule has 20 heavy (non-hydrogen) atoms. The van der Waals surface area contributed by atoms with Gasteiger partial charge in [0.25, 0.3) is 0 Å². The maximum Gasteiger partial charge on any atom is 0.338 e. The molecule has 1 heterocycles. The number of carboxylic acid groups (broad SMARTS) is 1. The summed E-state index contributed by atoms with van der Waals surface area (Å²) in [7, 11) is 0. The molecule has 1 fully saturated rings. The lowest BCUT2D eigenvalue weighted by Crippen LogP contribution is -2.52. The quantitative estimate of drug-likeness (QED) is 0.865. The minimum Gasteiger partial charge on any atom is -0.478 e. The van der Waals surface area contributed by atoms with Crippen molar-refractivity contribution in [2.24, 2.45) is 0 Å². The number of hydrogen-bond acceptors (Lipinski definition) is 4. The Balaban J connectivity index is 2.31. The molecule has 1 aliphatic heterocycles. The molecule has 5 heteroatoms. The number of carbonyl (C=O) groups is 1. The highest BCUT2D eigenvalue weighted by molar-refractivity contribution is 7.98. The predicted molar refractivity (Wildman–Crippen MR) is 84.1 cm³/mol. The lowest BCUT2D eigenvalue weighted by atomic mass is 10.1. The molecule has 1 unspecified atom stereocenters. The van der Waals surface area contributed by atoms with Gasteiger partial charge in [-0.1, -0.05) is 13.0 Å². The number of carboxylic acids is 1. The highest BCUT2D eigenvalue weighted by Crippen LogP contribution is 2.31. The standard InChI is InChI=1S/C15H22N2O2S/c1-4-16-8-9-17(10-11(16)2)12-6-5-7-13(20-3)14(12)15(18)19/h5-7,11H,4,8-10H2,1-3H3,(H,18,19). The molecule has 0 saturated carbocycles. The summed E-state index contributed by atoms with van der Waals surface area (Å²) in [5.74, 6) is -0.837. The first-order chi connectivity index (χ1) is 9.58. The van der Waals surface area contributed by atoms with Crippen molar-refractivity contribution in [1.29, 1.82) is 0 Å². The maximum absolute atomic E-state index is 11.6. The summed E-state index contributed by atoms with van der Waals surface area (Å²) in [6.45, 7) is 8.17. The van der Waals surface area contributed by atoms with E-state index in [0.29, 0.717) is 11.6 Å². The summed E-state index contributed by atoms with van der Waals surface area (Å²) in [5, 5.41) is 9.52. The van der Waals surface area contributed by atoms with Gasteiger partial charge >= 0.3 is 5.97 Å². The van der Waals surface area contributed by atoms with Crippen LogP contribution in [0.1, 0.15) is 24.2 Å². The molecule has 1 aliphatic rings.